The van der Waals surface area contributed by atoms with E-state index in [1.807, 2.05) is 0 Å². The van der Waals surface area contributed by atoms with Crippen LogP contribution in [0.1, 0.15) is 37.3 Å². The van der Waals surface area contributed by atoms with Crippen molar-refractivity contribution in [2.45, 2.75) is 39.3 Å². The Labute approximate surface area is 116 Å². The number of likely N-dealkylation sites (tertiary alicyclic amines) is 1. The molecule has 1 N–H and O–H groups in total. The van der Waals surface area contributed by atoms with Gasteiger partial charge in [-0.2, -0.15) is 0 Å². The highest BCUT2D eigenvalue weighted by Crippen LogP contribution is 2.23. The number of rotatable bonds is 6. The summed E-state index contributed by atoms with van der Waals surface area (Å²) in [7, 11) is 1.76. The summed E-state index contributed by atoms with van der Waals surface area (Å²) in [5, 5.41) is 3.38. The van der Waals surface area contributed by atoms with Gasteiger partial charge < -0.3 is 10.1 Å². The molecule has 1 aliphatic heterocycles. The molecule has 0 atom stereocenters. The van der Waals surface area contributed by atoms with Gasteiger partial charge in [0.25, 0.3) is 0 Å². The fourth-order valence-corrected chi connectivity index (χ4v) is 2.69. The summed E-state index contributed by atoms with van der Waals surface area (Å²) in [4.78, 5) is 2.54. The predicted octanol–water partition coefficient (Wildman–Crippen LogP) is 2.79. The molecule has 2 rings (SSSR count). The maximum Gasteiger partial charge on any atom is 0.123 e. The second-order valence-electron chi connectivity index (χ2n) is 5.26. The first kappa shape index (κ1) is 14.4. The Morgan fingerprint density at radius 1 is 1.21 bits per heavy atom. The van der Waals surface area contributed by atoms with E-state index in [9.17, 15) is 0 Å². The van der Waals surface area contributed by atoms with Gasteiger partial charge in [-0.05, 0) is 50.2 Å². The fourth-order valence-electron chi connectivity index (χ4n) is 2.69. The Hall–Kier alpha value is -1.06. The van der Waals surface area contributed by atoms with E-state index < -0.39 is 0 Å². The third-order valence-corrected chi connectivity index (χ3v) is 3.77. The monoisotopic (exact) mass is 262 g/mol. The molecule has 0 aliphatic carbocycles. The number of hydrogen-bond donors (Lipinski definition) is 1. The summed E-state index contributed by atoms with van der Waals surface area (Å²) in [5.41, 5.74) is 2.66. The molecule has 0 spiro atoms. The molecule has 1 aromatic rings. The first-order valence-electron chi connectivity index (χ1n) is 7.42. The molecule has 0 amide bonds. The Morgan fingerprint density at radius 3 is 2.68 bits per heavy atom. The van der Waals surface area contributed by atoms with Gasteiger partial charge in [0.2, 0.25) is 0 Å². The Kier molecular flexibility index (Phi) is 5.67. The number of hydrogen-bond acceptors (Lipinski definition) is 3. The Morgan fingerprint density at radius 2 is 2.00 bits per heavy atom. The fraction of sp³-hybridized carbons (Fsp3) is 0.625. The van der Waals surface area contributed by atoms with E-state index in [1.165, 1.54) is 43.5 Å². The lowest BCUT2D eigenvalue weighted by Crippen LogP contribution is -2.29. The zero-order chi connectivity index (χ0) is 13.5. The molecule has 0 saturated carbocycles. The van der Waals surface area contributed by atoms with Crippen LogP contribution in [0.25, 0.3) is 0 Å². The third-order valence-electron chi connectivity index (χ3n) is 3.77. The Bertz CT molecular complexity index is 386. The number of piperidine rings is 1. The van der Waals surface area contributed by atoms with Gasteiger partial charge in [0, 0.05) is 18.7 Å². The van der Waals surface area contributed by atoms with E-state index in [4.69, 9.17) is 4.74 Å². The van der Waals surface area contributed by atoms with Gasteiger partial charge in [-0.15, -0.1) is 0 Å². The molecular formula is C16H26N2O. The quantitative estimate of drug-likeness (QED) is 0.853. The molecule has 106 valence electrons. The number of ether oxygens (including phenoxy) is 1. The minimum atomic E-state index is 0.938. The highest BCUT2D eigenvalue weighted by Gasteiger charge is 2.13. The number of nitrogens with zero attached hydrogens (tertiary/aromatic N) is 1. The summed E-state index contributed by atoms with van der Waals surface area (Å²) in [6, 6.07) is 6.54. The summed E-state index contributed by atoms with van der Waals surface area (Å²) < 4.78 is 5.50. The van der Waals surface area contributed by atoms with E-state index in [0.29, 0.717) is 0 Å². The normalized spacial score (nSPS) is 16.5. The van der Waals surface area contributed by atoms with Crippen LogP contribution < -0.4 is 10.1 Å². The van der Waals surface area contributed by atoms with Crippen molar-refractivity contribution in [3.05, 3.63) is 29.3 Å². The highest BCUT2D eigenvalue weighted by molar-refractivity contribution is 5.37. The third kappa shape index (κ3) is 4.22. The van der Waals surface area contributed by atoms with Crippen molar-refractivity contribution < 1.29 is 4.74 Å². The minimum absolute atomic E-state index is 0.938. The molecular weight excluding hydrogens is 236 g/mol. The number of nitrogens with one attached hydrogen (secondary N) is 1. The smallest absolute Gasteiger partial charge is 0.123 e. The SMILES string of the molecule is CCNCc1ccc(OC)c(CN2CCCCC2)c1. The molecule has 3 nitrogen and oxygen atoms in total. The second kappa shape index (κ2) is 7.51. The molecule has 0 bridgehead atoms. The van der Waals surface area contributed by atoms with E-state index >= 15 is 0 Å². The molecule has 0 unspecified atom stereocenters. The van der Waals surface area contributed by atoms with Crippen LogP contribution in [0.2, 0.25) is 0 Å². The van der Waals surface area contributed by atoms with Gasteiger partial charge in [-0.25, -0.2) is 0 Å². The van der Waals surface area contributed by atoms with Gasteiger partial charge in [0.05, 0.1) is 7.11 Å². The van der Waals surface area contributed by atoms with Crippen molar-refractivity contribution in [3.63, 3.8) is 0 Å². The van der Waals surface area contributed by atoms with Crippen LogP contribution in [-0.4, -0.2) is 31.6 Å². The molecule has 0 radical (unpaired) electrons. The van der Waals surface area contributed by atoms with Crippen LogP contribution in [0, 0.1) is 0 Å². The standard InChI is InChI=1S/C16H26N2O/c1-3-17-12-14-7-8-16(19-2)15(11-14)13-18-9-5-4-6-10-18/h7-8,11,17H,3-6,9-10,12-13H2,1-2H3. The van der Waals surface area contributed by atoms with Crippen molar-refractivity contribution in [1.82, 2.24) is 10.2 Å². The van der Waals surface area contributed by atoms with Crippen molar-refractivity contribution in [2.75, 3.05) is 26.7 Å². The van der Waals surface area contributed by atoms with E-state index in [1.54, 1.807) is 7.11 Å². The lowest BCUT2D eigenvalue weighted by molar-refractivity contribution is 0.218. The van der Waals surface area contributed by atoms with E-state index in [-0.39, 0.29) is 0 Å². The summed E-state index contributed by atoms with van der Waals surface area (Å²) in [5.74, 6) is 1.02. The topological polar surface area (TPSA) is 24.5 Å². The molecule has 0 aromatic heterocycles. The largest absolute Gasteiger partial charge is 0.496 e. The molecule has 1 heterocycles. The van der Waals surface area contributed by atoms with Crippen molar-refractivity contribution in [2.24, 2.45) is 0 Å². The van der Waals surface area contributed by atoms with Crippen LogP contribution in [0.15, 0.2) is 18.2 Å². The average molecular weight is 262 g/mol. The molecule has 19 heavy (non-hydrogen) atoms. The molecule has 1 aliphatic rings. The van der Waals surface area contributed by atoms with Gasteiger partial charge in [-0.3, -0.25) is 4.90 Å². The van der Waals surface area contributed by atoms with Crippen molar-refractivity contribution in [1.29, 1.82) is 0 Å². The zero-order valence-electron chi connectivity index (χ0n) is 12.2. The van der Waals surface area contributed by atoms with Crippen LogP contribution >= 0.6 is 0 Å². The van der Waals surface area contributed by atoms with Crippen molar-refractivity contribution in [3.8, 4) is 5.75 Å². The minimum Gasteiger partial charge on any atom is -0.496 e. The maximum absolute atomic E-state index is 5.50. The van der Waals surface area contributed by atoms with E-state index in [2.05, 4.69) is 35.3 Å². The Balaban J connectivity index is 2.06. The van der Waals surface area contributed by atoms with Crippen LogP contribution in [0.4, 0.5) is 0 Å². The molecule has 1 saturated heterocycles. The predicted molar refractivity (Wildman–Crippen MR) is 79.5 cm³/mol. The average Bonchev–Trinajstić information content (AvgIpc) is 2.46. The lowest BCUT2D eigenvalue weighted by Gasteiger charge is -2.27. The molecule has 1 fully saturated rings. The zero-order valence-corrected chi connectivity index (χ0v) is 12.2. The van der Waals surface area contributed by atoms with E-state index in [0.717, 1.165) is 25.4 Å². The van der Waals surface area contributed by atoms with Gasteiger partial charge in [0.1, 0.15) is 5.75 Å². The summed E-state index contributed by atoms with van der Waals surface area (Å²) in [6.45, 7) is 7.55. The molecule has 1 aromatic carbocycles. The molecule has 3 heteroatoms. The lowest BCUT2D eigenvalue weighted by atomic mass is 10.1. The highest BCUT2D eigenvalue weighted by atomic mass is 16.5. The van der Waals surface area contributed by atoms with Gasteiger partial charge in [0.15, 0.2) is 0 Å². The van der Waals surface area contributed by atoms with Crippen LogP contribution in [0.3, 0.4) is 0 Å². The second-order valence-corrected chi connectivity index (χ2v) is 5.26. The van der Waals surface area contributed by atoms with Crippen LogP contribution in [-0.2, 0) is 13.1 Å². The summed E-state index contributed by atoms with van der Waals surface area (Å²) in [6.07, 6.45) is 4.05. The van der Waals surface area contributed by atoms with Gasteiger partial charge in [-0.1, -0.05) is 19.4 Å². The summed E-state index contributed by atoms with van der Waals surface area (Å²) >= 11 is 0. The van der Waals surface area contributed by atoms with Crippen molar-refractivity contribution >= 4 is 0 Å². The number of methoxy groups -OCH3 is 1. The first-order valence-corrected chi connectivity index (χ1v) is 7.42. The first-order chi connectivity index (χ1) is 9.33. The van der Waals surface area contributed by atoms with Gasteiger partial charge >= 0.3 is 0 Å². The number of benzene rings is 1. The maximum atomic E-state index is 5.50. The van der Waals surface area contributed by atoms with Crippen LogP contribution in [0.5, 0.6) is 5.75 Å².